The van der Waals surface area contributed by atoms with E-state index < -0.39 is 0 Å². The average molecular weight is 348 g/mol. The molecular formula is C16H18BrN3O. The molecule has 1 aliphatic heterocycles. The first-order chi connectivity index (χ1) is 10.2. The number of aryl methyl sites for hydroxylation is 1. The van der Waals surface area contributed by atoms with Crippen LogP contribution in [0.3, 0.4) is 0 Å². The molecule has 0 fully saturated rings. The summed E-state index contributed by atoms with van der Waals surface area (Å²) in [7, 11) is 0. The summed E-state index contributed by atoms with van der Waals surface area (Å²) in [5, 5.41) is 6.42. The Kier molecular flexibility index (Phi) is 4.12. The molecule has 1 aromatic carbocycles. The van der Waals surface area contributed by atoms with E-state index in [1.807, 2.05) is 35.9 Å². The number of benzene rings is 1. The van der Waals surface area contributed by atoms with Crippen molar-refractivity contribution in [1.82, 2.24) is 9.88 Å². The second-order valence-corrected chi connectivity index (χ2v) is 6.07. The third kappa shape index (κ3) is 2.89. The highest BCUT2D eigenvalue weighted by atomic mass is 79.9. The van der Waals surface area contributed by atoms with E-state index in [1.54, 1.807) is 0 Å². The van der Waals surface area contributed by atoms with Crippen molar-refractivity contribution in [1.29, 1.82) is 0 Å². The summed E-state index contributed by atoms with van der Waals surface area (Å²) < 4.78 is 2.87. The minimum atomic E-state index is -0.0607. The van der Waals surface area contributed by atoms with Gasteiger partial charge in [-0.2, -0.15) is 0 Å². The first-order valence-electron chi connectivity index (χ1n) is 7.17. The van der Waals surface area contributed by atoms with Gasteiger partial charge < -0.3 is 15.2 Å². The molecule has 110 valence electrons. The van der Waals surface area contributed by atoms with Gasteiger partial charge >= 0.3 is 0 Å². The second kappa shape index (κ2) is 6.03. The number of nitrogens with zero attached hydrogens (tertiary/aromatic N) is 1. The molecular weight excluding hydrogens is 330 g/mol. The zero-order valence-corrected chi connectivity index (χ0v) is 13.5. The SMILES string of the molecule is CCn1cc(Br)cc1C(=O)Nc1cccc2c1CCNC2. The van der Waals surface area contributed by atoms with Crippen LogP contribution in [0.5, 0.6) is 0 Å². The highest BCUT2D eigenvalue weighted by Gasteiger charge is 2.17. The molecule has 0 bridgehead atoms. The van der Waals surface area contributed by atoms with Crippen LogP contribution in [-0.4, -0.2) is 17.0 Å². The number of anilines is 1. The van der Waals surface area contributed by atoms with E-state index in [2.05, 4.69) is 32.6 Å². The molecule has 21 heavy (non-hydrogen) atoms. The van der Waals surface area contributed by atoms with Gasteiger partial charge in [0.05, 0.1) is 0 Å². The minimum Gasteiger partial charge on any atom is -0.343 e. The van der Waals surface area contributed by atoms with E-state index in [-0.39, 0.29) is 5.91 Å². The van der Waals surface area contributed by atoms with Gasteiger partial charge in [0.1, 0.15) is 5.69 Å². The molecule has 0 unspecified atom stereocenters. The Morgan fingerprint density at radius 3 is 3.14 bits per heavy atom. The van der Waals surface area contributed by atoms with Crippen molar-refractivity contribution in [3.8, 4) is 0 Å². The van der Waals surface area contributed by atoms with Crippen molar-refractivity contribution in [2.45, 2.75) is 26.4 Å². The van der Waals surface area contributed by atoms with Gasteiger partial charge in [-0.1, -0.05) is 12.1 Å². The Labute approximate surface area is 132 Å². The van der Waals surface area contributed by atoms with Crippen LogP contribution in [0.4, 0.5) is 5.69 Å². The second-order valence-electron chi connectivity index (χ2n) is 5.15. The fourth-order valence-electron chi connectivity index (χ4n) is 2.76. The number of rotatable bonds is 3. The van der Waals surface area contributed by atoms with Crippen LogP contribution in [0, 0.1) is 0 Å². The van der Waals surface area contributed by atoms with Gasteiger partial charge in [-0.25, -0.2) is 0 Å². The minimum absolute atomic E-state index is 0.0607. The Hall–Kier alpha value is -1.59. The molecule has 1 aliphatic rings. The molecule has 2 aromatic rings. The number of carbonyl (C=O) groups excluding carboxylic acids is 1. The number of fused-ring (bicyclic) bond motifs is 1. The fourth-order valence-corrected chi connectivity index (χ4v) is 3.23. The van der Waals surface area contributed by atoms with Gasteiger partial charge in [-0.15, -0.1) is 0 Å². The average Bonchev–Trinajstić information content (AvgIpc) is 2.89. The maximum atomic E-state index is 12.5. The molecule has 0 radical (unpaired) electrons. The summed E-state index contributed by atoms with van der Waals surface area (Å²) in [6.45, 7) is 4.62. The molecule has 2 heterocycles. The Bertz CT molecular complexity index is 678. The molecule has 1 aromatic heterocycles. The maximum Gasteiger partial charge on any atom is 0.272 e. The maximum absolute atomic E-state index is 12.5. The molecule has 2 N–H and O–H groups in total. The van der Waals surface area contributed by atoms with Gasteiger partial charge in [-0.3, -0.25) is 4.79 Å². The van der Waals surface area contributed by atoms with Crippen LogP contribution in [-0.2, 0) is 19.5 Å². The van der Waals surface area contributed by atoms with Crippen molar-refractivity contribution < 1.29 is 4.79 Å². The third-order valence-corrected chi connectivity index (χ3v) is 4.26. The zero-order chi connectivity index (χ0) is 14.8. The number of hydrogen-bond donors (Lipinski definition) is 2. The molecule has 0 atom stereocenters. The van der Waals surface area contributed by atoms with Crippen molar-refractivity contribution in [3.05, 3.63) is 51.8 Å². The molecule has 0 saturated heterocycles. The Balaban J connectivity index is 1.88. The van der Waals surface area contributed by atoms with Gasteiger partial charge in [0.25, 0.3) is 5.91 Å². The number of amides is 1. The lowest BCUT2D eigenvalue weighted by atomic mass is 9.99. The first-order valence-corrected chi connectivity index (χ1v) is 7.97. The number of nitrogens with one attached hydrogen (secondary N) is 2. The highest BCUT2D eigenvalue weighted by molar-refractivity contribution is 9.10. The summed E-state index contributed by atoms with van der Waals surface area (Å²) >= 11 is 3.43. The molecule has 0 aliphatic carbocycles. The Morgan fingerprint density at radius 1 is 1.48 bits per heavy atom. The van der Waals surface area contributed by atoms with Crippen molar-refractivity contribution in [3.63, 3.8) is 0 Å². The quantitative estimate of drug-likeness (QED) is 0.895. The smallest absolute Gasteiger partial charge is 0.272 e. The van der Waals surface area contributed by atoms with Crippen LogP contribution in [0.1, 0.15) is 28.5 Å². The molecule has 0 saturated carbocycles. The molecule has 0 spiro atoms. The first kappa shape index (κ1) is 14.4. The summed E-state index contributed by atoms with van der Waals surface area (Å²) in [6.07, 6.45) is 2.88. The highest BCUT2D eigenvalue weighted by Crippen LogP contribution is 2.24. The van der Waals surface area contributed by atoms with Crippen LogP contribution in [0.25, 0.3) is 0 Å². The lowest BCUT2D eigenvalue weighted by Gasteiger charge is -2.20. The fraction of sp³-hybridized carbons (Fsp3) is 0.312. The molecule has 1 amide bonds. The normalized spacial score (nSPS) is 13.8. The monoisotopic (exact) mass is 347 g/mol. The van der Waals surface area contributed by atoms with Crippen molar-refractivity contribution in [2.24, 2.45) is 0 Å². The largest absolute Gasteiger partial charge is 0.343 e. The van der Waals surface area contributed by atoms with E-state index in [1.165, 1.54) is 11.1 Å². The summed E-state index contributed by atoms with van der Waals surface area (Å²) in [5.74, 6) is -0.0607. The summed E-state index contributed by atoms with van der Waals surface area (Å²) in [4.78, 5) is 12.5. The predicted octanol–water partition coefficient (Wildman–Crippen LogP) is 3.17. The number of halogens is 1. The van der Waals surface area contributed by atoms with E-state index in [4.69, 9.17) is 0 Å². The standard InChI is InChI=1S/C16H18BrN3O/c1-2-20-10-12(17)8-15(20)16(21)19-14-5-3-4-11-9-18-7-6-13(11)14/h3-5,8,10,18H,2,6-7,9H2,1H3,(H,19,21). The van der Waals surface area contributed by atoms with Gasteiger partial charge in [0, 0.05) is 29.4 Å². The Morgan fingerprint density at radius 2 is 2.33 bits per heavy atom. The number of aromatic nitrogens is 1. The van der Waals surface area contributed by atoms with Crippen LogP contribution < -0.4 is 10.6 Å². The van der Waals surface area contributed by atoms with E-state index in [0.717, 1.165) is 36.2 Å². The van der Waals surface area contributed by atoms with Gasteiger partial charge in [0.2, 0.25) is 0 Å². The molecule has 5 heteroatoms. The lowest BCUT2D eigenvalue weighted by Crippen LogP contribution is -2.25. The summed E-state index contributed by atoms with van der Waals surface area (Å²) in [5.41, 5.74) is 4.12. The van der Waals surface area contributed by atoms with Gasteiger partial charge in [0.15, 0.2) is 0 Å². The zero-order valence-electron chi connectivity index (χ0n) is 11.9. The topological polar surface area (TPSA) is 46.1 Å². The van der Waals surface area contributed by atoms with Crippen LogP contribution in [0.15, 0.2) is 34.9 Å². The van der Waals surface area contributed by atoms with E-state index in [0.29, 0.717) is 5.69 Å². The van der Waals surface area contributed by atoms with Crippen LogP contribution in [0.2, 0.25) is 0 Å². The van der Waals surface area contributed by atoms with Crippen LogP contribution >= 0.6 is 15.9 Å². The molecule has 4 nitrogen and oxygen atoms in total. The van der Waals surface area contributed by atoms with E-state index in [9.17, 15) is 4.79 Å². The van der Waals surface area contributed by atoms with Crippen molar-refractivity contribution in [2.75, 3.05) is 11.9 Å². The number of carbonyl (C=O) groups is 1. The third-order valence-electron chi connectivity index (χ3n) is 3.82. The lowest BCUT2D eigenvalue weighted by molar-refractivity contribution is 0.101. The predicted molar refractivity (Wildman–Crippen MR) is 87.6 cm³/mol. The van der Waals surface area contributed by atoms with E-state index >= 15 is 0 Å². The molecule has 3 rings (SSSR count). The van der Waals surface area contributed by atoms with Gasteiger partial charge in [-0.05, 0) is 59.1 Å². The van der Waals surface area contributed by atoms with Crippen molar-refractivity contribution >= 4 is 27.5 Å². The number of hydrogen-bond acceptors (Lipinski definition) is 2. The summed E-state index contributed by atoms with van der Waals surface area (Å²) in [6, 6.07) is 7.95.